The maximum absolute atomic E-state index is 4.59. The second-order valence-electron chi connectivity index (χ2n) is 7.79. The first-order valence-corrected chi connectivity index (χ1v) is 11.6. The lowest BCUT2D eigenvalue weighted by Crippen LogP contribution is -2.46. The van der Waals surface area contributed by atoms with Gasteiger partial charge in [-0.25, -0.2) is 4.98 Å². The van der Waals surface area contributed by atoms with Gasteiger partial charge in [-0.05, 0) is 64.3 Å². The van der Waals surface area contributed by atoms with Gasteiger partial charge in [0.1, 0.15) is 0 Å². The first kappa shape index (κ1) is 20.0. The van der Waals surface area contributed by atoms with Crippen molar-refractivity contribution in [3.8, 4) is 0 Å². The van der Waals surface area contributed by atoms with Crippen molar-refractivity contribution in [2.45, 2.75) is 50.8 Å². The van der Waals surface area contributed by atoms with E-state index in [1.54, 1.807) is 11.3 Å². The summed E-state index contributed by atoms with van der Waals surface area (Å²) in [6.45, 7) is 9.82. The summed E-state index contributed by atoms with van der Waals surface area (Å²) in [6.07, 6.45) is 5.15. The van der Waals surface area contributed by atoms with Gasteiger partial charge < -0.3 is 10.6 Å². The minimum atomic E-state index is 0.372. The monoisotopic (exact) mass is 395 g/mol. The summed E-state index contributed by atoms with van der Waals surface area (Å²) in [5.41, 5.74) is 1.23. The molecule has 0 spiro atoms. The van der Waals surface area contributed by atoms with E-state index in [0.717, 1.165) is 31.5 Å². The van der Waals surface area contributed by atoms with E-state index in [4.69, 9.17) is 0 Å². The first-order chi connectivity index (χ1) is 12.6. The highest BCUT2D eigenvalue weighted by molar-refractivity contribution is 8.00. The molecule has 2 fully saturated rings. The molecule has 2 N–H and O–H groups in total. The zero-order valence-corrected chi connectivity index (χ0v) is 18.0. The van der Waals surface area contributed by atoms with Gasteiger partial charge >= 0.3 is 0 Å². The summed E-state index contributed by atoms with van der Waals surface area (Å²) < 4.78 is 0.372. The highest BCUT2D eigenvalue weighted by atomic mass is 32.2. The number of thioether (sulfide) groups is 1. The fourth-order valence-electron chi connectivity index (χ4n) is 3.77. The van der Waals surface area contributed by atoms with E-state index in [1.165, 1.54) is 55.2 Å². The molecule has 0 saturated carbocycles. The average molecular weight is 396 g/mol. The van der Waals surface area contributed by atoms with Gasteiger partial charge in [-0.1, -0.05) is 0 Å². The van der Waals surface area contributed by atoms with Gasteiger partial charge in [0, 0.05) is 36.8 Å². The number of rotatable bonds is 6. The van der Waals surface area contributed by atoms with Crippen LogP contribution in [-0.4, -0.2) is 59.6 Å². The minimum Gasteiger partial charge on any atom is -0.356 e. The summed E-state index contributed by atoms with van der Waals surface area (Å²) >= 11 is 3.84. The fraction of sp³-hybridized carbons (Fsp3) is 0.789. The number of hydrogen-bond donors (Lipinski definition) is 2. The Bertz CT molecular complexity index is 587. The lowest BCUT2D eigenvalue weighted by atomic mass is 9.97. The van der Waals surface area contributed by atoms with Crippen LogP contribution in [-0.2, 0) is 6.54 Å². The Kier molecular flexibility index (Phi) is 7.23. The van der Waals surface area contributed by atoms with Gasteiger partial charge in [0.05, 0.1) is 10.7 Å². The molecule has 1 aromatic heterocycles. The van der Waals surface area contributed by atoms with E-state index in [2.05, 4.69) is 56.5 Å². The number of thiazole rings is 1. The van der Waals surface area contributed by atoms with Crippen LogP contribution in [0.15, 0.2) is 10.4 Å². The molecular weight excluding hydrogens is 362 g/mol. The van der Waals surface area contributed by atoms with Crippen molar-refractivity contribution in [3.05, 3.63) is 16.1 Å². The number of guanidine groups is 1. The lowest BCUT2D eigenvalue weighted by molar-refractivity contribution is 0.176. The fourth-order valence-corrected chi connectivity index (χ4v) is 5.62. The molecule has 5 nitrogen and oxygen atoms in total. The molecule has 2 saturated heterocycles. The van der Waals surface area contributed by atoms with E-state index in [-0.39, 0.29) is 0 Å². The normalized spacial score (nSPS) is 25.6. The van der Waals surface area contributed by atoms with Crippen LogP contribution in [0.25, 0.3) is 0 Å². The second-order valence-corrected chi connectivity index (χ2v) is 10.5. The molecule has 3 rings (SSSR count). The van der Waals surface area contributed by atoms with E-state index >= 15 is 0 Å². The zero-order chi connectivity index (χ0) is 18.4. The van der Waals surface area contributed by atoms with E-state index in [9.17, 15) is 0 Å². The molecule has 1 atom stereocenters. The molecule has 0 amide bonds. The summed E-state index contributed by atoms with van der Waals surface area (Å²) in [7, 11) is 1.87. The minimum absolute atomic E-state index is 0.372. The number of nitrogens with zero attached hydrogens (tertiary/aromatic N) is 3. The standard InChI is InChI=1S/C19H33N5S2/c1-15-23-17(13-25-15)12-24-8-5-16(6-9-24)11-21-18(20-3)22-14-19(2)7-4-10-26-19/h13,16H,4-12,14H2,1-3H3,(H2,20,21,22). The molecule has 0 bridgehead atoms. The molecule has 3 heterocycles. The second kappa shape index (κ2) is 9.42. The van der Waals surface area contributed by atoms with Crippen LogP contribution in [0.4, 0.5) is 0 Å². The Morgan fingerprint density at radius 3 is 2.81 bits per heavy atom. The van der Waals surface area contributed by atoms with Gasteiger partial charge in [0.25, 0.3) is 0 Å². The maximum Gasteiger partial charge on any atom is 0.191 e. The number of piperidine rings is 1. The van der Waals surface area contributed by atoms with Crippen LogP contribution in [0.3, 0.4) is 0 Å². The third kappa shape index (κ3) is 5.86. The summed E-state index contributed by atoms with van der Waals surface area (Å²) in [5, 5.41) is 10.4. The molecule has 0 aliphatic carbocycles. The van der Waals surface area contributed by atoms with Gasteiger partial charge in [-0.15, -0.1) is 11.3 Å². The molecule has 2 aliphatic heterocycles. The quantitative estimate of drug-likeness (QED) is 0.573. The Labute approximate surface area is 166 Å². The number of nitrogens with one attached hydrogen (secondary N) is 2. The number of aromatic nitrogens is 1. The third-order valence-corrected chi connectivity index (χ3v) is 7.83. The molecule has 26 heavy (non-hydrogen) atoms. The molecule has 0 aromatic carbocycles. The van der Waals surface area contributed by atoms with Crippen LogP contribution in [0.2, 0.25) is 0 Å². The Balaban J connectivity index is 1.34. The van der Waals surface area contributed by atoms with Crippen molar-refractivity contribution in [2.24, 2.45) is 10.9 Å². The third-order valence-electron chi connectivity index (χ3n) is 5.47. The van der Waals surface area contributed by atoms with Crippen molar-refractivity contribution in [1.82, 2.24) is 20.5 Å². The average Bonchev–Trinajstić information content (AvgIpc) is 3.25. The molecule has 7 heteroatoms. The molecule has 2 aliphatic rings. The summed E-state index contributed by atoms with van der Waals surface area (Å²) in [4.78, 5) is 11.5. The van der Waals surface area contributed by atoms with Crippen molar-refractivity contribution in [1.29, 1.82) is 0 Å². The topological polar surface area (TPSA) is 52.6 Å². The van der Waals surface area contributed by atoms with E-state index in [1.807, 2.05) is 7.05 Å². The van der Waals surface area contributed by atoms with Crippen LogP contribution >= 0.6 is 23.1 Å². The molecule has 146 valence electrons. The van der Waals surface area contributed by atoms with Gasteiger partial charge in [0.2, 0.25) is 0 Å². The molecule has 1 unspecified atom stereocenters. The van der Waals surface area contributed by atoms with Crippen molar-refractivity contribution >= 4 is 29.1 Å². The van der Waals surface area contributed by atoms with Crippen LogP contribution in [0, 0.1) is 12.8 Å². The van der Waals surface area contributed by atoms with E-state index in [0.29, 0.717) is 4.75 Å². The smallest absolute Gasteiger partial charge is 0.191 e. The lowest BCUT2D eigenvalue weighted by Gasteiger charge is -2.32. The van der Waals surface area contributed by atoms with Gasteiger partial charge in [0.15, 0.2) is 5.96 Å². The Morgan fingerprint density at radius 2 is 2.19 bits per heavy atom. The van der Waals surface area contributed by atoms with Gasteiger partial charge in [-0.3, -0.25) is 9.89 Å². The number of aliphatic imine (C=N–C) groups is 1. The first-order valence-electron chi connectivity index (χ1n) is 9.78. The SMILES string of the molecule is CN=C(NCC1CCN(Cc2csc(C)n2)CC1)NCC1(C)CCCS1. The van der Waals surface area contributed by atoms with Crippen LogP contribution < -0.4 is 10.6 Å². The van der Waals surface area contributed by atoms with Crippen LogP contribution in [0.5, 0.6) is 0 Å². The molecule has 1 aromatic rings. The highest BCUT2D eigenvalue weighted by Crippen LogP contribution is 2.36. The zero-order valence-electron chi connectivity index (χ0n) is 16.4. The largest absolute Gasteiger partial charge is 0.356 e. The highest BCUT2D eigenvalue weighted by Gasteiger charge is 2.29. The van der Waals surface area contributed by atoms with Crippen molar-refractivity contribution in [3.63, 3.8) is 0 Å². The van der Waals surface area contributed by atoms with E-state index < -0.39 is 0 Å². The maximum atomic E-state index is 4.59. The van der Waals surface area contributed by atoms with Crippen molar-refractivity contribution < 1.29 is 0 Å². The number of likely N-dealkylation sites (tertiary alicyclic amines) is 1. The molecule has 0 radical (unpaired) electrons. The molecular formula is C19H33N5S2. The van der Waals surface area contributed by atoms with Gasteiger partial charge in [-0.2, -0.15) is 11.8 Å². The van der Waals surface area contributed by atoms with Crippen molar-refractivity contribution in [2.75, 3.05) is 39.0 Å². The summed E-state index contributed by atoms with van der Waals surface area (Å²) in [6, 6.07) is 0. The Morgan fingerprint density at radius 1 is 1.38 bits per heavy atom. The number of aryl methyl sites for hydroxylation is 1. The predicted molar refractivity (Wildman–Crippen MR) is 114 cm³/mol. The Hall–Kier alpha value is -0.790. The summed E-state index contributed by atoms with van der Waals surface area (Å²) in [5.74, 6) is 2.99. The predicted octanol–water partition coefficient (Wildman–Crippen LogP) is 3.11. The van der Waals surface area contributed by atoms with Crippen LogP contribution in [0.1, 0.15) is 43.3 Å². The number of hydrogen-bond acceptors (Lipinski definition) is 5.